The van der Waals surface area contributed by atoms with E-state index < -0.39 is 0 Å². The van der Waals surface area contributed by atoms with E-state index in [1.165, 1.54) is 12.3 Å². The highest BCUT2D eigenvalue weighted by Crippen LogP contribution is 2.08. The van der Waals surface area contributed by atoms with Gasteiger partial charge in [-0.05, 0) is 23.8 Å². The van der Waals surface area contributed by atoms with E-state index in [2.05, 4.69) is 25.3 Å². The molecule has 0 saturated heterocycles. The van der Waals surface area contributed by atoms with Gasteiger partial charge in [-0.2, -0.15) is 25.3 Å². The zero-order chi connectivity index (χ0) is 5.54. The molecule has 0 heterocycles. The molecule has 0 aromatic rings. The van der Waals surface area contributed by atoms with Crippen LogP contribution in [0, 0.1) is 0 Å². The minimum absolute atomic E-state index is 1.03. The van der Waals surface area contributed by atoms with Gasteiger partial charge in [-0.15, -0.1) is 8.58 Å². The average molecular weight is 154 g/mol. The Bertz CT molecular complexity index is 28.9. The molecule has 0 unspecified atom stereocenters. The van der Waals surface area contributed by atoms with E-state index in [0.717, 1.165) is 20.1 Å². The topological polar surface area (TPSA) is 0 Å². The fourth-order valence-electron chi connectivity index (χ4n) is 0.283. The standard InChI is InChI=1S/C4H11PS2/c6-3-1-5-2-4-7/h5-7H,1-4H2. The highest BCUT2D eigenvalue weighted by molar-refractivity contribution is 7.81. The van der Waals surface area contributed by atoms with Crippen molar-refractivity contribution in [2.24, 2.45) is 0 Å². The zero-order valence-electron chi connectivity index (χ0n) is 4.22. The van der Waals surface area contributed by atoms with Gasteiger partial charge in [0.05, 0.1) is 0 Å². The van der Waals surface area contributed by atoms with Crippen molar-refractivity contribution in [3.8, 4) is 0 Å². The summed E-state index contributed by atoms with van der Waals surface area (Å²) in [6, 6.07) is 0. The highest BCUT2D eigenvalue weighted by atomic mass is 32.1. The van der Waals surface area contributed by atoms with Gasteiger partial charge in [0, 0.05) is 0 Å². The summed E-state index contributed by atoms with van der Waals surface area (Å²) < 4.78 is 0. The molecular formula is C4H11PS2. The first kappa shape index (κ1) is 8.13. The van der Waals surface area contributed by atoms with Crippen molar-refractivity contribution in [1.82, 2.24) is 0 Å². The van der Waals surface area contributed by atoms with E-state index in [1.54, 1.807) is 0 Å². The molecule has 0 bridgehead atoms. The monoisotopic (exact) mass is 154 g/mol. The van der Waals surface area contributed by atoms with Crippen molar-refractivity contribution in [3.63, 3.8) is 0 Å². The Balaban J connectivity index is 2.45. The smallest absolute Gasteiger partial charge is 0.00609 e. The summed E-state index contributed by atoms with van der Waals surface area (Å²) in [4.78, 5) is 0. The molecular weight excluding hydrogens is 143 g/mol. The second-order valence-electron chi connectivity index (χ2n) is 1.20. The van der Waals surface area contributed by atoms with Crippen molar-refractivity contribution >= 4 is 33.8 Å². The van der Waals surface area contributed by atoms with Crippen LogP contribution in [0.15, 0.2) is 0 Å². The minimum Gasteiger partial charge on any atom is -0.179 e. The van der Waals surface area contributed by atoms with Crippen molar-refractivity contribution < 1.29 is 0 Å². The van der Waals surface area contributed by atoms with Gasteiger partial charge in [-0.1, -0.05) is 0 Å². The third-order valence-corrected chi connectivity index (χ3v) is 3.07. The van der Waals surface area contributed by atoms with E-state index in [1.807, 2.05) is 0 Å². The number of thiol groups is 2. The molecule has 7 heavy (non-hydrogen) atoms. The lowest BCUT2D eigenvalue weighted by Crippen LogP contribution is -1.80. The van der Waals surface area contributed by atoms with Gasteiger partial charge in [0.25, 0.3) is 0 Å². The summed E-state index contributed by atoms with van der Waals surface area (Å²) in [5, 5.41) is 0. The Morgan fingerprint density at radius 1 is 1.00 bits per heavy atom. The van der Waals surface area contributed by atoms with Gasteiger partial charge in [-0.3, -0.25) is 0 Å². The summed E-state index contributed by atoms with van der Waals surface area (Å²) in [5.74, 6) is 2.07. The van der Waals surface area contributed by atoms with Crippen LogP contribution in [0.1, 0.15) is 0 Å². The van der Waals surface area contributed by atoms with E-state index in [-0.39, 0.29) is 0 Å². The first-order chi connectivity index (χ1) is 3.41. The largest absolute Gasteiger partial charge is 0.179 e. The maximum absolute atomic E-state index is 4.08. The fraction of sp³-hybridized carbons (Fsp3) is 1.00. The van der Waals surface area contributed by atoms with Gasteiger partial charge in [-0.25, -0.2) is 0 Å². The van der Waals surface area contributed by atoms with Crippen molar-refractivity contribution in [2.75, 3.05) is 23.8 Å². The quantitative estimate of drug-likeness (QED) is 0.342. The summed E-state index contributed by atoms with van der Waals surface area (Å²) in [7, 11) is 1.08. The molecule has 0 aromatic heterocycles. The molecule has 3 heteroatoms. The van der Waals surface area contributed by atoms with E-state index in [4.69, 9.17) is 0 Å². The number of hydrogen-bond acceptors (Lipinski definition) is 2. The third kappa shape index (κ3) is 7.13. The average Bonchev–Trinajstić information content (AvgIpc) is 1.69. The van der Waals surface area contributed by atoms with Crippen LogP contribution in [0.2, 0.25) is 0 Å². The van der Waals surface area contributed by atoms with E-state index >= 15 is 0 Å². The molecule has 0 saturated carbocycles. The second kappa shape index (κ2) is 7.13. The first-order valence-corrected chi connectivity index (χ1v) is 5.02. The van der Waals surface area contributed by atoms with Crippen molar-refractivity contribution in [2.45, 2.75) is 0 Å². The normalized spacial score (nSPS) is 9.43. The molecule has 0 aliphatic carbocycles. The summed E-state index contributed by atoms with van der Waals surface area (Å²) in [5.41, 5.74) is 0. The Hall–Kier alpha value is 1.13. The van der Waals surface area contributed by atoms with Gasteiger partial charge in [0.15, 0.2) is 0 Å². The Morgan fingerprint density at radius 3 is 1.71 bits per heavy atom. The lowest BCUT2D eigenvalue weighted by Gasteiger charge is -1.90. The van der Waals surface area contributed by atoms with Crippen LogP contribution in [0.5, 0.6) is 0 Å². The van der Waals surface area contributed by atoms with Crippen molar-refractivity contribution in [1.29, 1.82) is 0 Å². The van der Waals surface area contributed by atoms with E-state index in [0.29, 0.717) is 0 Å². The summed E-state index contributed by atoms with van der Waals surface area (Å²) in [6.45, 7) is 0. The molecule has 0 aliphatic heterocycles. The van der Waals surface area contributed by atoms with Crippen molar-refractivity contribution in [3.05, 3.63) is 0 Å². The zero-order valence-corrected chi connectivity index (χ0v) is 7.01. The van der Waals surface area contributed by atoms with Crippen LogP contribution in [0.25, 0.3) is 0 Å². The van der Waals surface area contributed by atoms with Crippen LogP contribution in [0.3, 0.4) is 0 Å². The minimum atomic E-state index is 1.03. The molecule has 0 amide bonds. The fourth-order valence-corrected chi connectivity index (χ4v) is 1.80. The van der Waals surface area contributed by atoms with Gasteiger partial charge in [0.2, 0.25) is 0 Å². The molecule has 0 N–H and O–H groups in total. The maximum Gasteiger partial charge on any atom is -0.00609 e. The maximum atomic E-state index is 4.08. The molecule has 0 fully saturated rings. The lowest BCUT2D eigenvalue weighted by atomic mass is 10.9. The van der Waals surface area contributed by atoms with Gasteiger partial charge >= 0.3 is 0 Å². The van der Waals surface area contributed by atoms with E-state index in [9.17, 15) is 0 Å². The Kier molecular flexibility index (Phi) is 8.28. The Morgan fingerprint density at radius 2 is 1.43 bits per heavy atom. The molecule has 0 rings (SSSR count). The highest BCUT2D eigenvalue weighted by Gasteiger charge is 1.80. The second-order valence-corrected chi connectivity index (χ2v) is 3.59. The van der Waals surface area contributed by atoms with Crippen LogP contribution in [-0.2, 0) is 0 Å². The van der Waals surface area contributed by atoms with Crippen LogP contribution >= 0.6 is 33.8 Å². The lowest BCUT2D eigenvalue weighted by molar-refractivity contribution is 1.48. The van der Waals surface area contributed by atoms with Gasteiger partial charge in [0.1, 0.15) is 0 Å². The Labute approximate surface area is 58.1 Å². The molecule has 44 valence electrons. The van der Waals surface area contributed by atoms with Crippen LogP contribution in [-0.4, -0.2) is 23.8 Å². The number of rotatable bonds is 4. The summed E-state index contributed by atoms with van der Waals surface area (Å²) in [6.07, 6.45) is 2.54. The number of hydrogen-bond donors (Lipinski definition) is 2. The molecule has 0 radical (unpaired) electrons. The first-order valence-electron chi connectivity index (χ1n) is 2.34. The molecule has 0 aliphatic rings. The predicted molar refractivity (Wildman–Crippen MR) is 45.8 cm³/mol. The third-order valence-electron chi connectivity index (χ3n) is 0.577. The molecule has 0 atom stereocenters. The van der Waals surface area contributed by atoms with Crippen LogP contribution < -0.4 is 0 Å². The van der Waals surface area contributed by atoms with Crippen LogP contribution in [0.4, 0.5) is 0 Å². The molecule has 0 nitrogen and oxygen atoms in total. The molecule has 0 spiro atoms. The predicted octanol–water partition coefficient (Wildman–Crippen LogP) is 1.52. The molecule has 0 aromatic carbocycles. The summed E-state index contributed by atoms with van der Waals surface area (Å²) >= 11 is 8.15. The van der Waals surface area contributed by atoms with Gasteiger partial charge < -0.3 is 0 Å². The SMILES string of the molecule is SCCPCCS.